The maximum absolute atomic E-state index is 13.1. The monoisotopic (exact) mass is 529 g/mol. The van der Waals surface area contributed by atoms with Crippen LogP contribution < -0.4 is 14.8 Å². The van der Waals surface area contributed by atoms with Gasteiger partial charge in [0.05, 0.1) is 24.7 Å². The third kappa shape index (κ3) is 6.77. The van der Waals surface area contributed by atoms with Crippen LogP contribution in [0.3, 0.4) is 0 Å². The predicted molar refractivity (Wildman–Crippen MR) is 142 cm³/mol. The molecular formula is C26H28ClN3O5S. The Morgan fingerprint density at radius 1 is 1.03 bits per heavy atom. The van der Waals surface area contributed by atoms with Gasteiger partial charge in [-0.25, -0.2) is 0 Å². The smallest absolute Gasteiger partial charge is 0.284 e. The number of methoxy groups -OCH3 is 2. The molecule has 190 valence electrons. The fourth-order valence-electron chi connectivity index (χ4n) is 3.43. The van der Waals surface area contributed by atoms with Crippen molar-refractivity contribution >= 4 is 33.9 Å². The largest absolute Gasteiger partial charge is 0.497 e. The molecule has 0 radical (unpaired) electrons. The Bertz CT molecular complexity index is 1360. The lowest BCUT2D eigenvalue weighted by molar-refractivity contribution is 0.0951. The van der Waals surface area contributed by atoms with Gasteiger partial charge in [-0.2, -0.15) is 8.42 Å². The van der Waals surface area contributed by atoms with Gasteiger partial charge in [-0.05, 0) is 53.9 Å². The quantitative estimate of drug-likeness (QED) is 0.311. The van der Waals surface area contributed by atoms with E-state index in [4.69, 9.17) is 21.1 Å². The normalized spacial score (nSPS) is 11.4. The van der Waals surface area contributed by atoms with E-state index < -0.39 is 10.0 Å². The second kappa shape index (κ2) is 11.9. The molecule has 3 aromatic rings. The van der Waals surface area contributed by atoms with Gasteiger partial charge in [0.2, 0.25) is 0 Å². The lowest BCUT2D eigenvalue weighted by Crippen LogP contribution is -2.26. The first kappa shape index (κ1) is 27.0. The fraction of sp³-hybridized carbons (Fsp3) is 0.231. The van der Waals surface area contributed by atoms with Crippen LogP contribution in [-0.2, 0) is 16.4 Å². The zero-order valence-electron chi connectivity index (χ0n) is 20.5. The summed E-state index contributed by atoms with van der Waals surface area (Å²) in [7, 11) is 2.43. The maximum atomic E-state index is 13.1. The Labute approximate surface area is 216 Å². The summed E-state index contributed by atoms with van der Waals surface area (Å²) in [5.74, 6) is 0.734. The number of nitrogens with zero attached hydrogens (tertiary/aromatic N) is 2. The molecule has 0 atom stereocenters. The van der Waals surface area contributed by atoms with E-state index in [2.05, 4.69) is 9.71 Å². The highest BCUT2D eigenvalue weighted by atomic mass is 35.5. The summed E-state index contributed by atoms with van der Waals surface area (Å²) in [6, 6.07) is 17.1. The number of halogens is 1. The van der Waals surface area contributed by atoms with Crippen molar-refractivity contribution < 1.29 is 22.7 Å². The van der Waals surface area contributed by atoms with Crippen LogP contribution in [0.2, 0.25) is 5.02 Å². The highest BCUT2D eigenvalue weighted by molar-refractivity contribution is 7.90. The summed E-state index contributed by atoms with van der Waals surface area (Å²) in [4.78, 5) is 14.3. The minimum Gasteiger partial charge on any atom is -0.497 e. The average Bonchev–Trinajstić information content (AvgIpc) is 2.87. The third-order valence-electron chi connectivity index (χ3n) is 5.25. The van der Waals surface area contributed by atoms with Crippen LogP contribution in [0.25, 0.3) is 11.1 Å². The molecule has 1 N–H and O–H groups in total. The molecule has 1 amide bonds. The van der Waals surface area contributed by atoms with Gasteiger partial charge in [0.1, 0.15) is 17.8 Å². The van der Waals surface area contributed by atoms with Gasteiger partial charge in [-0.15, -0.1) is 4.40 Å². The Hall–Kier alpha value is -3.56. The number of benzene rings is 3. The summed E-state index contributed by atoms with van der Waals surface area (Å²) in [5.41, 5.74) is 2.28. The van der Waals surface area contributed by atoms with E-state index >= 15 is 0 Å². The zero-order valence-corrected chi connectivity index (χ0v) is 22.1. The summed E-state index contributed by atoms with van der Waals surface area (Å²) in [6.45, 7) is 0.275. The minimum atomic E-state index is -3.99. The molecule has 3 aromatic carbocycles. The number of rotatable bonds is 10. The fourth-order valence-corrected chi connectivity index (χ4v) is 4.79. The highest BCUT2D eigenvalue weighted by Crippen LogP contribution is 2.31. The van der Waals surface area contributed by atoms with E-state index in [1.54, 1.807) is 74.6 Å². The number of nitrogens with one attached hydrogen (secondary N) is 1. The van der Waals surface area contributed by atoms with E-state index in [9.17, 15) is 13.2 Å². The molecule has 0 aliphatic heterocycles. The number of carbonyl (C=O) groups is 1. The number of amides is 1. The average molecular weight is 530 g/mol. The topological polar surface area (TPSA) is 97.3 Å². The Morgan fingerprint density at radius 2 is 1.75 bits per heavy atom. The van der Waals surface area contributed by atoms with Crippen molar-refractivity contribution in [2.24, 2.45) is 4.40 Å². The SMILES string of the molecule is COc1ccc(-c2ccc(CCNC(=O)c3cc(Cl)ccc3OC)cc2S(=O)(=O)N=CN(C)C)cc1. The molecule has 0 heterocycles. The molecule has 8 nitrogen and oxygen atoms in total. The van der Waals surface area contributed by atoms with E-state index in [1.807, 2.05) is 6.07 Å². The van der Waals surface area contributed by atoms with E-state index in [-0.39, 0.29) is 17.3 Å². The van der Waals surface area contributed by atoms with Gasteiger partial charge < -0.3 is 19.7 Å². The Kier molecular flexibility index (Phi) is 8.95. The maximum Gasteiger partial charge on any atom is 0.284 e. The van der Waals surface area contributed by atoms with Crippen LogP contribution in [0.1, 0.15) is 15.9 Å². The minimum absolute atomic E-state index is 0.0751. The van der Waals surface area contributed by atoms with Crippen LogP contribution >= 0.6 is 11.6 Å². The van der Waals surface area contributed by atoms with Crippen molar-refractivity contribution in [2.75, 3.05) is 34.9 Å². The molecule has 0 saturated carbocycles. The van der Waals surface area contributed by atoms with E-state index in [0.717, 1.165) is 5.56 Å². The first-order chi connectivity index (χ1) is 17.1. The van der Waals surface area contributed by atoms with Gasteiger partial charge >= 0.3 is 0 Å². The number of sulfonamides is 1. The lowest BCUT2D eigenvalue weighted by atomic mass is 10.0. The highest BCUT2D eigenvalue weighted by Gasteiger charge is 2.20. The van der Waals surface area contributed by atoms with Gasteiger partial charge in [0.15, 0.2) is 0 Å². The van der Waals surface area contributed by atoms with E-state index in [0.29, 0.717) is 39.6 Å². The van der Waals surface area contributed by atoms with Crippen molar-refractivity contribution in [3.05, 3.63) is 76.8 Å². The lowest BCUT2D eigenvalue weighted by Gasteiger charge is -2.13. The van der Waals surface area contributed by atoms with Gasteiger partial charge in [-0.1, -0.05) is 35.9 Å². The van der Waals surface area contributed by atoms with Gasteiger partial charge in [-0.3, -0.25) is 4.79 Å². The van der Waals surface area contributed by atoms with Crippen molar-refractivity contribution in [3.8, 4) is 22.6 Å². The molecule has 36 heavy (non-hydrogen) atoms. The molecular weight excluding hydrogens is 502 g/mol. The van der Waals surface area contributed by atoms with Crippen LogP contribution in [0.4, 0.5) is 0 Å². The van der Waals surface area contributed by atoms with E-state index in [1.165, 1.54) is 19.5 Å². The first-order valence-corrected chi connectivity index (χ1v) is 12.8. The third-order valence-corrected chi connectivity index (χ3v) is 6.75. The summed E-state index contributed by atoms with van der Waals surface area (Å²) in [6.07, 6.45) is 1.65. The second-order valence-electron chi connectivity index (χ2n) is 8.07. The summed E-state index contributed by atoms with van der Waals surface area (Å²) in [5, 5.41) is 3.25. The first-order valence-electron chi connectivity index (χ1n) is 11.0. The molecule has 0 spiro atoms. The van der Waals surface area contributed by atoms with Crippen molar-refractivity contribution in [1.82, 2.24) is 10.2 Å². The van der Waals surface area contributed by atoms with Crippen molar-refractivity contribution in [2.45, 2.75) is 11.3 Å². The van der Waals surface area contributed by atoms with Crippen molar-refractivity contribution in [1.29, 1.82) is 0 Å². The molecule has 0 aromatic heterocycles. The molecule has 0 fully saturated rings. The number of hydrogen-bond acceptors (Lipinski definition) is 5. The molecule has 3 rings (SSSR count). The number of carbonyl (C=O) groups excluding carboxylic acids is 1. The van der Waals surface area contributed by atoms with Crippen LogP contribution in [0.15, 0.2) is 70.0 Å². The Balaban J connectivity index is 1.87. The van der Waals surface area contributed by atoms with Gasteiger partial charge in [0, 0.05) is 31.2 Å². The molecule has 10 heteroatoms. The van der Waals surface area contributed by atoms with Crippen LogP contribution in [0, 0.1) is 0 Å². The molecule has 0 saturated heterocycles. The molecule has 0 unspecified atom stereocenters. The second-order valence-corrected chi connectivity index (χ2v) is 10.1. The van der Waals surface area contributed by atoms with Crippen LogP contribution in [0.5, 0.6) is 11.5 Å². The number of ether oxygens (including phenoxy) is 2. The van der Waals surface area contributed by atoms with Crippen molar-refractivity contribution in [3.63, 3.8) is 0 Å². The van der Waals surface area contributed by atoms with Gasteiger partial charge in [0.25, 0.3) is 15.9 Å². The zero-order chi connectivity index (χ0) is 26.3. The Morgan fingerprint density at radius 3 is 2.39 bits per heavy atom. The summed E-state index contributed by atoms with van der Waals surface area (Å²) >= 11 is 6.02. The standard InChI is InChI=1S/C26H28ClN3O5S/c1-30(2)17-29-36(32,33)25-15-18(5-11-22(25)19-6-9-21(34-3)10-7-19)13-14-28-26(31)23-16-20(27)8-12-24(23)35-4/h5-12,15-17H,13-14H2,1-4H3,(H,28,31). The number of hydrogen-bond donors (Lipinski definition) is 1. The van der Waals surface area contributed by atoms with Crippen LogP contribution in [-0.4, -0.2) is 60.4 Å². The summed E-state index contributed by atoms with van der Waals surface area (Å²) < 4.78 is 40.5. The molecule has 0 aliphatic carbocycles. The molecule has 0 bridgehead atoms. The molecule has 0 aliphatic rings. The predicted octanol–water partition coefficient (Wildman–Crippen LogP) is 4.28.